The van der Waals surface area contributed by atoms with Gasteiger partial charge in [0, 0.05) is 31.6 Å². The highest BCUT2D eigenvalue weighted by Gasteiger charge is 2.74. The first-order chi connectivity index (χ1) is 21.4. The minimum Gasteiger partial charge on any atom is -0.504 e. The Hall–Kier alpha value is -3.56. The Kier molecular flexibility index (Phi) is 7.20. The fourth-order valence-electron chi connectivity index (χ4n) is 9.10. The number of piperidine rings is 1. The van der Waals surface area contributed by atoms with Crippen LogP contribution in [0.25, 0.3) is 0 Å². The quantitative estimate of drug-likeness (QED) is 0.365. The van der Waals surface area contributed by atoms with Crippen molar-refractivity contribution in [1.29, 1.82) is 0 Å². The minimum absolute atomic E-state index is 0.0486. The van der Waals surface area contributed by atoms with Crippen LogP contribution in [0.3, 0.4) is 0 Å². The van der Waals surface area contributed by atoms with E-state index in [1.807, 2.05) is 24.3 Å². The maximum atomic E-state index is 13.7. The molecule has 1 spiro atoms. The molecule has 0 aromatic heterocycles. The fourth-order valence-corrected chi connectivity index (χ4v) is 9.10. The molecule has 1 saturated carbocycles. The third-order valence-corrected chi connectivity index (χ3v) is 11.2. The average Bonchev–Trinajstić information content (AvgIpc) is 3.36. The Morgan fingerprint density at radius 3 is 2.47 bits per heavy atom. The molecule has 1 saturated heterocycles. The second-order valence-electron chi connectivity index (χ2n) is 13.5. The molecule has 2 N–H and O–H groups in total. The zero-order chi connectivity index (χ0) is 31.7. The summed E-state index contributed by atoms with van der Waals surface area (Å²) in [5, 5.41) is 23.9. The maximum Gasteiger partial charge on any atom is 0.416 e. The molecule has 6 atom stereocenters. The molecule has 238 valence electrons. The van der Waals surface area contributed by atoms with Crippen LogP contribution < -0.4 is 4.74 Å². The van der Waals surface area contributed by atoms with Crippen molar-refractivity contribution < 1.29 is 32.9 Å². The number of likely N-dealkylation sites (tertiary alicyclic amines) is 1. The monoisotopic (exact) mass is 620 g/mol. The van der Waals surface area contributed by atoms with E-state index >= 15 is 0 Å². The zero-order valence-corrected chi connectivity index (χ0v) is 25.6. The highest BCUT2D eigenvalue weighted by Crippen LogP contribution is 2.66. The maximum absolute atomic E-state index is 13.7. The van der Waals surface area contributed by atoms with Crippen molar-refractivity contribution in [2.75, 3.05) is 20.1 Å². The summed E-state index contributed by atoms with van der Waals surface area (Å²) in [5.74, 6) is 0.234. The summed E-state index contributed by atoms with van der Waals surface area (Å²) in [5.41, 5.74) is 1.29. The van der Waals surface area contributed by atoms with Gasteiger partial charge in [-0.05, 0) is 79.5 Å². The molecule has 1 amide bonds. The summed E-state index contributed by atoms with van der Waals surface area (Å²) in [6, 6.07) is 18.4. The smallest absolute Gasteiger partial charge is 0.416 e. The standard InChI is InChI=1S/C36H39F3N2O4/c1-22-21-35(44)28-20-25-11-14-27(42)32-30(25)34(35,17-19-41(28)18-16-23-6-4-3-5-7-23)33(45-32)31(22)40(2)29(43)15-10-24-8-12-26(13-9-24)36(37,38)39/h3-9,11-14,22,28,31,33,42,44H,10,15-21H2,1-2H3/t22?,28-,31?,33?,34+,35-/m1/s1. The van der Waals surface area contributed by atoms with E-state index in [2.05, 4.69) is 24.0 Å². The number of phenolic OH excluding ortho intramolecular Hbond substituents is 1. The Bertz CT molecular complexity index is 1600. The summed E-state index contributed by atoms with van der Waals surface area (Å²) in [6.07, 6.45) is -1.85. The number of likely N-dealkylation sites (N-methyl/N-ethyl adjacent to an activating group) is 1. The minimum atomic E-state index is -4.41. The molecule has 2 heterocycles. The average molecular weight is 621 g/mol. The highest BCUT2D eigenvalue weighted by molar-refractivity contribution is 5.77. The molecule has 9 heteroatoms. The summed E-state index contributed by atoms with van der Waals surface area (Å²) in [6.45, 7) is 3.64. The number of hydrogen-bond donors (Lipinski definition) is 2. The molecule has 2 aliphatic carbocycles. The van der Waals surface area contributed by atoms with Gasteiger partial charge in [0.05, 0.1) is 22.6 Å². The molecule has 2 aliphatic heterocycles. The van der Waals surface area contributed by atoms with Crippen LogP contribution in [0.2, 0.25) is 0 Å². The highest BCUT2D eigenvalue weighted by atomic mass is 19.4. The number of phenols is 1. The van der Waals surface area contributed by atoms with E-state index in [0.29, 0.717) is 37.0 Å². The van der Waals surface area contributed by atoms with E-state index in [1.165, 1.54) is 17.7 Å². The molecule has 3 aromatic carbocycles. The van der Waals surface area contributed by atoms with Crippen LogP contribution in [0.15, 0.2) is 66.7 Å². The lowest BCUT2D eigenvalue weighted by Crippen LogP contribution is -2.79. The van der Waals surface area contributed by atoms with E-state index < -0.39 is 28.9 Å². The molecule has 3 unspecified atom stereocenters. The number of aromatic hydroxyl groups is 1. The lowest BCUT2D eigenvalue weighted by atomic mass is 9.46. The number of aliphatic hydroxyl groups is 1. The number of halogens is 3. The summed E-state index contributed by atoms with van der Waals surface area (Å²) < 4.78 is 45.7. The van der Waals surface area contributed by atoms with E-state index in [-0.39, 0.29) is 36.1 Å². The van der Waals surface area contributed by atoms with Gasteiger partial charge in [-0.15, -0.1) is 0 Å². The topological polar surface area (TPSA) is 73.2 Å². The van der Waals surface area contributed by atoms with Crippen molar-refractivity contribution >= 4 is 5.91 Å². The number of rotatable bonds is 7. The number of alkyl halides is 3. The van der Waals surface area contributed by atoms with Crippen LogP contribution in [0, 0.1) is 5.92 Å². The van der Waals surface area contributed by atoms with Crippen LogP contribution in [-0.2, 0) is 35.6 Å². The van der Waals surface area contributed by atoms with Gasteiger partial charge in [-0.3, -0.25) is 9.69 Å². The normalized spacial score (nSPS) is 30.0. The first-order valence-corrected chi connectivity index (χ1v) is 15.9. The Morgan fingerprint density at radius 2 is 1.76 bits per heavy atom. The SMILES string of the molecule is CC1C[C@@]2(O)[C@H]3Cc4ccc(O)c5c4[C@@]2(CCN3CCc2ccccc2)C(O5)C1N(C)C(=O)CCc1ccc(C(F)(F)F)cc1. The first kappa shape index (κ1) is 30.1. The van der Waals surface area contributed by atoms with Crippen molar-refractivity contribution in [2.24, 2.45) is 5.92 Å². The second kappa shape index (κ2) is 10.8. The van der Waals surface area contributed by atoms with Gasteiger partial charge >= 0.3 is 6.18 Å². The van der Waals surface area contributed by atoms with Crippen molar-refractivity contribution in [3.63, 3.8) is 0 Å². The van der Waals surface area contributed by atoms with Gasteiger partial charge in [0.15, 0.2) is 11.5 Å². The number of amides is 1. The third kappa shape index (κ3) is 4.64. The summed E-state index contributed by atoms with van der Waals surface area (Å²) in [7, 11) is 1.76. The molecule has 4 aliphatic rings. The predicted molar refractivity (Wildman–Crippen MR) is 163 cm³/mol. The van der Waals surface area contributed by atoms with Crippen LogP contribution in [-0.4, -0.2) is 69.8 Å². The van der Waals surface area contributed by atoms with E-state index in [4.69, 9.17) is 4.74 Å². The van der Waals surface area contributed by atoms with Crippen molar-refractivity contribution in [1.82, 2.24) is 9.80 Å². The molecular formula is C36H39F3N2O4. The van der Waals surface area contributed by atoms with Gasteiger partial charge in [0.2, 0.25) is 5.91 Å². The van der Waals surface area contributed by atoms with Crippen molar-refractivity contribution in [3.05, 3.63) is 94.5 Å². The van der Waals surface area contributed by atoms with Gasteiger partial charge in [0.25, 0.3) is 0 Å². The molecule has 45 heavy (non-hydrogen) atoms. The van der Waals surface area contributed by atoms with Crippen LogP contribution in [0.4, 0.5) is 13.2 Å². The Balaban J connectivity index is 1.17. The number of hydrogen-bond acceptors (Lipinski definition) is 5. The van der Waals surface area contributed by atoms with Gasteiger partial charge in [-0.25, -0.2) is 0 Å². The second-order valence-corrected chi connectivity index (χ2v) is 13.5. The van der Waals surface area contributed by atoms with Crippen molar-refractivity contribution in [3.8, 4) is 11.5 Å². The van der Waals surface area contributed by atoms with E-state index in [1.54, 1.807) is 18.0 Å². The third-order valence-electron chi connectivity index (χ3n) is 11.2. The fraction of sp³-hybridized carbons (Fsp3) is 0.472. The first-order valence-electron chi connectivity index (χ1n) is 15.9. The number of nitrogens with zero attached hydrogens (tertiary/aromatic N) is 2. The van der Waals surface area contributed by atoms with E-state index in [9.17, 15) is 28.2 Å². The Labute approximate surface area is 261 Å². The lowest BCUT2D eigenvalue weighted by Gasteiger charge is -2.66. The van der Waals surface area contributed by atoms with Gasteiger partial charge in [-0.2, -0.15) is 13.2 Å². The molecule has 2 bridgehead atoms. The molecule has 3 aromatic rings. The molecule has 2 fully saturated rings. The van der Waals surface area contributed by atoms with Crippen LogP contribution >= 0.6 is 0 Å². The van der Waals surface area contributed by atoms with Gasteiger partial charge in [0.1, 0.15) is 6.10 Å². The number of ether oxygens (including phenoxy) is 1. The number of aryl methyl sites for hydroxylation is 1. The molecule has 6 nitrogen and oxygen atoms in total. The van der Waals surface area contributed by atoms with Crippen molar-refractivity contribution in [2.45, 2.75) is 80.8 Å². The Morgan fingerprint density at radius 1 is 1.04 bits per heavy atom. The number of carbonyl (C=O) groups excluding carboxylic acids is 1. The summed E-state index contributed by atoms with van der Waals surface area (Å²) >= 11 is 0. The molecular weight excluding hydrogens is 581 g/mol. The van der Waals surface area contributed by atoms with Gasteiger partial charge < -0.3 is 19.8 Å². The lowest BCUT2D eigenvalue weighted by molar-refractivity contribution is -0.212. The summed E-state index contributed by atoms with van der Waals surface area (Å²) in [4.78, 5) is 17.8. The zero-order valence-electron chi connectivity index (χ0n) is 25.6. The number of benzene rings is 3. The predicted octanol–water partition coefficient (Wildman–Crippen LogP) is 5.51. The van der Waals surface area contributed by atoms with Crippen LogP contribution in [0.1, 0.15) is 54.0 Å². The molecule has 0 radical (unpaired) electrons. The van der Waals surface area contributed by atoms with Crippen LogP contribution in [0.5, 0.6) is 11.5 Å². The van der Waals surface area contributed by atoms with E-state index in [0.717, 1.165) is 42.8 Å². The largest absolute Gasteiger partial charge is 0.504 e. The molecule has 7 rings (SSSR count). The van der Waals surface area contributed by atoms with Gasteiger partial charge in [-0.1, -0.05) is 55.5 Å². The number of carbonyl (C=O) groups is 1.